The van der Waals surface area contributed by atoms with Gasteiger partial charge in [0.2, 0.25) is 5.91 Å². The minimum Gasteiger partial charge on any atom is -0.338 e. The lowest BCUT2D eigenvalue weighted by Gasteiger charge is -2.32. The summed E-state index contributed by atoms with van der Waals surface area (Å²) in [5.74, 6) is 0.495. The van der Waals surface area contributed by atoms with E-state index in [2.05, 4.69) is 0 Å². The molecule has 2 atom stereocenters. The van der Waals surface area contributed by atoms with Crippen LogP contribution in [0.15, 0.2) is 18.2 Å². The maximum absolute atomic E-state index is 12.7. The number of carbonyl (C=O) groups excluding carboxylic acids is 1. The molecule has 6 nitrogen and oxygen atoms in total. The van der Waals surface area contributed by atoms with E-state index in [4.69, 9.17) is 5.73 Å². The Hall–Kier alpha value is -1.66. The van der Waals surface area contributed by atoms with Gasteiger partial charge >= 0.3 is 0 Å². The van der Waals surface area contributed by atoms with Crippen LogP contribution in [0, 0.1) is 22.0 Å². The fourth-order valence-electron chi connectivity index (χ4n) is 3.72. The smallest absolute Gasteiger partial charge is 0.269 e. The van der Waals surface area contributed by atoms with Gasteiger partial charge in [0, 0.05) is 31.1 Å². The van der Waals surface area contributed by atoms with Crippen molar-refractivity contribution in [1.82, 2.24) is 4.90 Å². The molecule has 23 heavy (non-hydrogen) atoms. The summed E-state index contributed by atoms with van der Waals surface area (Å²) in [6.45, 7) is 1.73. The highest BCUT2D eigenvalue weighted by molar-refractivity contribution is 5.85. The molecular formula is C16H22ClN3O3. The van der Waals surface area contributed by atoms with Gasteiger partial charge in [-0.25, -0.2) is 0 Å². The second-order valence-corrected chi connectivity index (χ2v) is 6.25. The highest BCUT2D eigenvalue weighted by Gasteiger charge is 2.35. The number of nitro benzene ring substituents is 1. The average molecular weight is 340 g/mol. The molecule has 126 valence electrons. The molecule has 0 bridgehead atoms. The monoisotopic (exact) mass is 339 g/mol. The molecule has 1 saturated carbocycles. The molecule has 2 aliphatic rings. The van der Waals surface area contributed by atoms with Gasteiger partial charge in [0.1, 0.15) is 0 Å². The number of amides is 1. The van der Waals surface area contributed by atoms with Gasteiger partial charge in [0.25, 0.3) is 5.69 Å². The van der Waals surface area contributed by atoms with Crippen LogP contribution in [0.5, 0.6) is 0 Å². The van der Waals surface area contributed by atoms with Crippen LogP contribution < -0.4 is 5.73 Å². The first-order valence-electron chi connectivity index (χ1n) is 7.85. The van der Waals surface area contributed by atoms with Gasteiger partial charge in [0.05, 0.1) is 4.92 Å². The van der Waals surface area contributed by atoms with E-state index in [1.54, 1.807) is 6.07 Å². The second kappa shape index (κ2) is 7.27. The Balaban J connectivity index is 0.00000192. The number of nitrogens with zero attached hydrogens (tertiary/aromatic N) is 2. The molecule has 0 saturated heterocycles. The molecule has 1 aromatic rings. The summed E-state index contributed by atoms with van der Waals surface area (Å²) >= 11 is 0. The number of non-ortho nitro benzene ring substituents is 1. The Morgan fingerprint density at radius 1 is 1.35 bits per heavy atom. The fraction of sp³-hybridized carbons (Fsp3) is 0.562. The largest absolute Gasteiger partial charge is 0.338 e. The molecule has 3 rings (SSSR count). The highest BCUT2D eigenvalue weighted by Crippen LogP contribution is 2.34. The zero-order valence-electron chi connectivity index (χ0n) is 12.9. The number of benzene rings is 1. The average Bonchev–Trinajstić information content (AvgIpc) is 3.01. The van der Waals surface area contributed by atoms with E-state index in [-0.39, 0.29) is 34.8 Å². The zero-order chi connectivity index (χ0) is 15.7. The quantitative estimate of drug-likeness (QED) is 0.675. The molecule has 2 N–H and O–H groups in total. The van der Waals surface area contributed by atoms with Crippen LogP contribution in [0.25, 0.3) is 0 Å². The van der Waals surface area contributed by atoms with Crippen LogP contribution in [0.1, 0.15) is 30.4 Å². The summed E-state index contributed by atoms with van der Waals surface area (Å²) in [5, 5.41) is 10.9. The fourth-order valence-corrected chi connectivity index (χ4v) is 3.72. The summed E-state index contributed by atoms with van der Waals surface area (Å²) in [7, 11) is 0. The van der Waals surface area contributed by atoms with Gasteiger partial charge in [0.15, 0.2) is 0 Å². The van der Waals surface area contributed by atoms with E-state index in [9.17, 15) is 14.9 Å². The molecule has 1 aromatic carbocycles. The Kier molecular flexibility index (Phi) is 5.59. The maximum Gasteiger partial charge on any atom is 0.269 e. The van der Waals surface area contributed by atoms with Crippen LogP contribution in [-0.2, 0) is 17.8 Å². The SMILES string of the molecule is Cl.NC[C@H]1CCC[C@H]1C(=O)N1CCc2ccc([N+](=O)[O-])cc2C1. The van der Waals surface area contributed by atoms with Crippen molar-refractivity contribution < 1.29 is 9.72 Å². The molecule has 0 radical (unpaired) electrons. The lowest BCUT2D eigenvalue weighted by molar-refractivity contribution is -0.385. The van der Waals surface area contributed by atoms with Crippen molar-refractivity contribution >= 4 is 24.0 Å². The minimum atomic E-state index is -0.386. The minimum absolute atomic E-state index is 0. The summed E-state index contributed by atoms with van der Waals surface area (Å²) in [6, 6.07) is 4.95. The van der Waals surface area contributed by atoms with Crippen molar-refractivity contribution in [3.63, 3.8) is 0 Å². The van der Waals surface area contributed by atoms with Crippen LogP contribution >= 0.6 is 12.4 Å². The molecule has 1 heterocycles. The van der Waals surface area contributed by atoms with Crippen molar-refractivity contribution in [3.8, 4) is 0 Å². The molecule has 7 heteroatoms. The van der Waals surface area contributed by atoms with Crippen molar-refractivity contribution in [2.45, 2.75) is 32.2 Å². The van der Waals surface area contributed by atoms with E-state index in [1.807, 2.05) is 11.0 Å². The number of fused-ring (bicyclic) bond motifs is 1. The normalized spacial score (nSPS) is 23.1. The number of halogens is 1. The molecule has 1 fully saturated rings. The predicted octanol–water partition coefficient (Wildman–Crippen LogP) is 2.28. The third kappa shape index (κ3) is 3.48. The first kappa shape index (κ1) is 17.7. The Labute approximate surface area is 141 Å². The number of nitrogens with two attached hydrogens (primary N) is 1. The van der Waals surface area contributed by atoms with Gasteiger partial charge in [-0.2, -0.15) is 0 Å². The summed E-state index contributed by atoms with van der Waals surface area (Å²) in [6.07, 6.45) is 3.77. The maximum atomic E-state index is 12.7. The molecule has 1 aliphatic heterocycles. The number of rotatable bonds is 3. The van der Waals surface area contributed by atoms with Crippen molar-refractivity contribution in [2.24, 2.45) is 17.6 Å². The Morgan fingerprint density at radius 3 is 2.83 bits per heavy atom. The topological polar surface area (TPSA) is 89.5 Å². The lowest BCUT2D eigenvalue weighted by atomic mass is 9.92. The summed E-state index contributed by atoms with van der Waals surface area (Å²) in [5.41, 5.74) is 7.87. The first-order valence-corrected chi connectivity index (χ1v) is 7.85. The van der Waals surface area contributed by atoms with E-state index < -0.39 is 0 Å². The second-order valence-electron chi connectivity index (χ2n) is 6.25. The lowest BCUT2D eigenvalue weighted by Crippen LogP contribution is -2.41. The standard InChI is InChI=1S/C16H21N3O3.ClH/c17-9-12-2-1-3-15(12)16(20)18-7-6-11-4-5-14(19(21)22)8-13(11)10-18;/h4-5,8,12,15H,1-3,6-7,9-10,17H2;1H/t12-,15-;/m1./s1. The van der Waals surface area contributed by atoms with E-state index in [1.165, 1.54) is 6.07 Å². The summed E-state index contributed by atoms with van der Waals surface area (Å²) < 4.78 is 0. The van der Waals surface area contributed by atoms with Crippen LogP contribution in [0.2, 0.25) is 0 Å². The van der Waals surface area contributed by atoms with Crippen molar-refractivity contribution in [3.05, 3.63) is 39.4 Å². The Morgan fingerprint density at radius 2 is 2.13 bits per heavy atom. The van der Waals surface area contributed by atoms with E-state index >= 15 is 0 Å². The summed E-state index contributed by atoms with van der Waals surface area (Å²) in [4.78, 5) is 25.1. The predicted molar refractivity (Wildman–Crippen MR) is 89.4 cm³/mol. The van der Waals surface area contributed by atoms with Gasteiger partial charge in [-0.15, -0.1) is 12.4 Å². The van der Waals surface area contributed by atoms with Crippen molar-refractivity contribution in [1.29, 1.82) is 0 Å². The van der Waals surface area contributed by atoms with E-state index in [0.717, 1.165) is 36.8 Å². The van der Waals surface area contributed by atoms with Crippen LogP contribution in [0.3, 0.4) is 0 Å². The zero-order valence-corrected chi connectivity index (χ0v) is 13.8. The number of carbonyl (C=O) groups is 1. The number of hydrogen-bond donors (Lipinski definition) is 1. The number of nitro groups is 1. The first-order chi connectivity index (χ1) is 10.6. The Bertz CT molecular complexity index is 608. The van der Waals surface area contributed by atoms with Crippen molar-refractivity contribution in [2.75, 3.05) is 13.1 Å². The van der Waals surface area contributed by atoms with Crippen LogP contribution in [0.4, 0.5) is 5.69 Å². The van der Waals surface area contributed by atoms with E-state index in [0.29, 0.717) is 25.6 Å². The molecule has 0 spiro atoms. The molecule has 1 amide bonds. The van der Waals surface area contributed by atoms with Gasteiger partial charge in [-0.1, -0.05) is 12.5 Å². The molecule has 0 unspecified atom stereocenters. The van der Waals surface area contributed by atoms with Gasteiger partial charge in [-0.05, 0) is 42.9 Å². The third-order valence-electron chi connectivity index (χ3n) is 5.00. The van der Waals surface area contributed by atoms with Gasteiger partial charge < -0.3 is 10.6 Å². The third-order valence-corrected chi connectivity index (χ3v) is 5.00. The highest BCUT2D eigenvalue weighted by atomic mass is 35.5. The molecule has 0 aromatic heterocycles. The molecule has 1 aliphatic carbocycles. The van der Waals surface area contributed by atoms with Crippen LogP contribution in [-0.4, -0.2) is 28.8 Å². The number of hydrogen-bond acceptors (Lipinski definition) is 4. The van der Waals surface area contributed by atoms with Gasteiger partial charge in [-0.3, -0.25) is 14.9 Å². The molecular weight excluding hydrogens is 318 g/mol.